The first-order valence-corrected chi connectivity index (χ1v) is 7.56. The van der Waals surface area contributed by atoms with E-state index in [0.717, 1.165) is 16.2 Å². The summed E-state index contributed by atoms with van der Waals surface area (Å²) in [5.41, 5.74) is -0.939. The Morgan fingerprint density at radius 1 is 1.24 bits per heavy atom. The summed E-state index contributed by atoms with van der Waals surface area (Å²) in [7, 11) is 0. The summed E-state index contributed by atoms with van der Waals surface area (Å²) in [4.78, 5) is 23.6. The number of nitrogens with one attached hydrogen (secondary N) is 1. The average Bonchev–Trinajstić information content (AvgIpc) is 3.27. The lowest BCUT2D eigenvalue weighted by molar-refractivity contribution is -0.138. The molecule has 2 aromatic rings. The fourth-order valence-electron chi connectivity index (χ4n) is 2.69. The third kappa shape index (κ3) is 4.07. The third-order valence-corrected chi connectivity index (χ3v) is 4.04. The molecule has 3 rings (SSSR count). The van der Waals surface area contributed by atoms with E-state index in [2.05, 4.69) is 5.32 Å². The van der Waals surface area contributed by atoms with Crippen molar-refractivity contribution in [3.63, 3.8) is 0 Å². The summed E-state index contributed by atoms with van der Waals surface area (Å²) >= 11 is 0. The summed E-state index contributed by atoms with van der Waals surface area (Å²) < 4.78 is 52.0. The van der Waals surface area contributed by atoms with Crippen molar-refractivity contribution in [2.45, 2.75) is 31.1 Å². The number of rotatable bonds is 4. The van der Waals surface area contributed by atoms with Gasteiger partial charge in [-0.2, -0.15) is 13.2 Å². The number of halogens is 4. The lowest BCUT2D eigenvalue weighted by Crippen LogP contribution is -2.34. The van der Waals surface area contributed by atoms with Gasteiger partial charge >= 0.3 is 6.18 Å². The number of benzene rings is 1. The largest absolute Gasteiger partial charge is 0.417 e. The van der Waals surface area contributed by atoms with Gasteiger partial charge < -0.3 is 9.88 Å². The minimum Gasteiger partial charge on any atom is -0.351 e. The molecule has 132 valence electrons. The predicted molar refractivity (Wildman–Crippen MR) is 81.4 cm³/mol. The summed E-state index contributed by atoms with van der Waals surface area (Å²) in [5.74, 6) is -0.965. The third-order valence-electron chi connectivity index (χ3n) is 4.04. The van der Waals surface area contributed by atoms with Crippen molar-refractivity contribution >= 4 is 5.91 Å². The number of amides is 1. The molecule has 1 aromatic carbocycles. The molecule has 1 heterocycles. The highest BCUT2D eigenvalue weighted by Gasteiger charge is 2.39. The van der Waals surface area contributed by atoms with Crippen LogP contribution in [0.2, 0.25) is 0 Å². The zero-order valence-electron chi connectivity index (χ0n) is 12.9. The Morgan fingerprint density at radius 2 is 2.00 bits per heavy atom. The minimum absolute atomic E-state index is 0.0297. The van der Waals surface area contributed by atoms with Crippen molar-refractivity contribution in [2.24, 2.45) is 0 Å². The van der Waals surface area contributed by atoms with Gasteiger partial charge in [0.25, 0.3) is 5.56 Å². The maximum absolute atomic E-state index is 13.2. The summed E-state index contributed by atoms with van der Waals surface area (Å²) in [6.45, 7) is -0.505. The van der Waals surface area contributed by atoms with E-state index >= 15 is 0 Å². The van der Waals surface area contributed by atoms with Crippen LogP contribution in [0.25, 0.3) is 0 Å². The van der Waals surface area contributed by atoms with E-state index in [1.54, 1.807) is 12.1 Å². The monoisotopic (exact) mass is 354 g/mol. The van der Waals surface area contributed by atoms with Gasteiger partial charge in [0.2, 0.25) is 5.91 Å². The molecule has 1 aliphatic rings. The van der Waals surface area contributed by atoms with Gasteiger partial charge in [-0.05, 0) is 30.2 Å². The van der Waals surface area contributed by atoms with Crippen molar-refractivity contribution in [3.8, 4) is 0 Å². The SMILES string of the molecule is O=C(Cn1cc(C(F)(F)F)ccc1=O)N[C@H]1C[C@H]1c1cccc(F)c1. The van der Waals surface area contributed by atoms with E-state index in [1.807, 2.05) is 0 Å². The molecule has 0 spiro atoms. The standard InChI is InChI=1S/C17H14F4N2O2/c18-12-3-1-2-10(6-12)13-7-14(13)22-15(24)9-23-8-11(17(19,20)21)4-5-16(23)25/h1-6,8,13-14H,7,9H2,(H,22,24)/t13-,14-/m0/s1. The maximum atomic E-state index is 13.2. The first-order chi connectivity index (χ1) is 11.7. The molecule has 0 aliphatic heterocycles. The van der Waals surface area contributed by atoms with Crippen LogP contribution in [-0.2, 0) is 17.5 Å². The normalized spacial score (nSPS) is 19.5. The van der Waals surface area contributed by atoms with Gasteiger partial charge in [0, 0.05) is 24.2 Å². The van der Waals surface area contributed by atoms with Crippen LogP contribution in [-0.4, -0.2) is 16.5 Å². The second-order valence-corrected chi connectivity index (χ2v) is 5.95. The Labute approximate surface area is 140 Å². The van der Waals surface area contributed by atoms with Gasteiger partial charge in [0.1, 0.15) is 12.4 Å². The van der Waals surface area contributed by atoms with Gasteiger partial charge in [0.15, 0.2) is 0 Å². The molecule has 0 saturated heterocycles. The molecule has 1 saturated carbocycles. The van der Waals surface area contributed by atoms with Crippen molar-refractivity contribution in [1.29, 1.82) is 0 Å². The Hall–Kier alpha value is -2.64. The molecule has 1 amide bonds. The number of aromatic nitrogens is 1. The fourth-order valence-corrected chi connectivity index (χ4v) is 2.69. The summed E-state index contributed by atoms with van der Waals surface area (Å²) in [5, 5.41) is 2.65. The quantitative estimate of drug-likeness (QED) is 0.859. The Morgan fingerprint density at radius 3 is 2.68 bits per heavy atom. The number of hydrogen-bond donors (Lipinski definition) is 1. The molecule has 1 aliphatic carbocycles. The maximum Gasteiger partial charge on any atom is 0.417 e. The number of carbonyl (C=O) groups is 1. The molecule has 0 bridgehead atoms. The molecular weight excluding hydrogens is 340 g/mol. The van der Waals surface area contributed by atoms with Crippen LogP contribution in [0.1, 0.15) is 23.5 Å². The predicted octanol–water partition coefficient (Wildman–Crippen LogP) is 2.68. The van der Waals surface area contributed by atoms with E-state index in [9.17, 15) is 27.2 Å². The molecule has 2 atom stereocenters. The number of alkyl halides is 3. The van der Waals surface area contributed by atoms with Crippen LogP contribution in [0.3, 0.4) is 0 Å². The first kappa shape index (κ1) is 17.2. The van der Waals surface area contributed by atoms with Crippen molar-refractivity contribution in [1.82, 2.24) is 9.88 Å². The smallest absolute Gasteiger partial charge is 0.351 e. The topological polar surface area (TPSA) is 51.1 Å². The number of nitrogens with zero attached hydrogens (tertiary/aromatic N) is 1. The molecule has 8 heteroatoms. The highest BCUT2D eigenvalue weighted by molar-refractivity contribution is 5.76. The van der Waals surface area contributed by atoms with Crippen LogP contribution in [0.4, 0.5) is 17.6 Å². The Kier molecular flexibility index (Phi) is 4.36. The zero-order chi connectivity index (χ0) is 18.2. The van der Waals surface area contributed by atoms with E-state index < -0.39 is 29.8 Å². The van der Waals surface area contributed by atoms with Gasteiger partial charge in [-0.1, -0.05) is 12.1 Å². The fraction of sp³-hybridized carbons (Fsp3) is 0.294. The first-order valence-electron chi connectivity index (χ1n) is 7.56. The van der Waals surface area contributed by atoms with Crippen LogP contribution in [0, 0.1) is 5.82 Å². The molecule has 1 aromatic heterocycles. The molecule has 0 radical (unpaired) electrons. The Bertz CT molecular complexity index is 860. The van der Waals surface area contributed by atoms with E-state index in [4.69, 9.17) is 0 Å². The molecule has 1 N–H and O–H groups in total. The second-order valence-electron chi connectivity index (χ2n) is 5.95. The molecule has 1 fully saturated rings. The van der Waals surface area contributed by atoms with Crippen molar-refractivity contribution < 1.29 is 22.4 Å². The van der Waals surface area contributed by atoms with Crippen molar-refractivity contribution in [2.75, 3.05) is 0 Å². The van der Waals surface area contributed by atoms with Gasteiger partial charge in [-0.15, -0.1) is 0 Å². The van der Waals surface area contributed by atoms with E-state index in [-0.39, 0.29) is 17.8 Å². The van der Waals surface area contributed by atoms with Crippen LogP contribution in [0.5, 0.6) is 0 Å². The van der Waals surface area contributed by atoms with Crippen molar-refractivity contribution in [3.05, 3.63) is 69.9 Å². The lowest BCUT2D eigenvalue weighted by atomic mass is 10.1. The highest BCUT2D eigenvalue weighted by atomic mass is 19.4. The van der Waals surface area contributed by atoms with E-state index in [1.165, 1.54) is 12.1 Å². The van der Waals surface area contributed by atoms with Gasteiger partial charge in [-0.3, -0.25) is 9.59 Å². The minimum atomic E-state index is -4.59. The molecular formula is C17H14F4N2O2. The lowest BCUT2D eigenvalue weighted by Gasteiger charge is -2.11. The summed E-state index contributed by atoms with van der Waals surface area (Å²) in [6.07, 6.45) is -3.35. The van der Waals surface area contributed by atoms with Gasteiger partial charge in [-0.25, -0.2) is 4.39 Å². The second kappa shape index (κ2) is 6.34. The van der Waals surface area contributed by atoms with Crippen LogP contribution < -0.4 is 10.9 Å². The van der Waals surface area contributed by atoms with Crippen LogP contribution >= 0.6 is 0 Å². The number of pyridine rings is 1. The number of hydrogen-bond acceptors (Lipinski definition) is 2. The number of carbonyl (C=O) groups excluding carboxylic acids is 1. The Balaban J connectivity index is 1.63. The van der Waals surface area contributed by atoms with Crippen LogP contribution in [0.15, 0.2) is 47.4 Å². The van der Waals surface area contributed by atoms with Gasteiger partial charge in [0.05, 0.1) is 5.56 Å². The summed E-state index contributed by atoms with van der Waals surface area (Å²) in [6, 6.07) is 7.27. The van der Waals surface area contributed by atoms with E-state index in [0.29, 0.717) is 18.7 Å². The molecule has 4 nitrogen and oxygen atoms in total. The molecule has 0 unspecified atom stereocenters. The highest BCUT2D eigenvalue weighted by Crippen LogP contribution is 2.40. The molecule has 25 heavy (non-hydrogen) atoms. The zero-order valence-corrected chi connectivity index (χ0v) is 12.9. The average molecular weight is 354 g/mol.